The van der Waals surface area contributed by atoms with Crippen molar-refractivity contribution in [1.29, 1.82) is 0 Å². The summed E-state index contributed by atoms with van der Waals surface area (Å²) >= 11 is 8.46. The summed E-state index contributed by atoms with van der Waals surface area (Å²) in [5.41, 5.74) is 1.34. The van der Waals surface area contributed by atoms with Crippen LogP contribution < -0.4 is 0 Å². The van der Waals surface area contributed by atoms with E-state index in [1.54, 1.807) is 11.0 Å². The number of nitrogens with zero attached hydrogens (tertiary/aromatic N) is 1. The number of hydrogen-bond acceptors (Lipinski definition) is 1. The summed E-state index contributed by atoms with van der Waals surface area (Å²) < 4.78 is 23.8. The Bertz CT molecular complexity index is 133. The van der Waals surface area contributed by atoms with Gasteiger partial charge in [-0.25, -0.2) is 8.78 Å². The molecule has 0 radical (unpaired) electrons. The Morgan fingerprint density at radius 1 is 1.50 bits per heavy atom. The van der Waals surface area contributed by atoms with Crippen LogP contribution in [0.1, 0.15) is 0 Å². The van der Waals surface area contributed by atoms with Crippen molar-refractivity contribution in [2.75, 3.05) is 25.0 Å². The van der Waals surface area contributed by atoms with E-state index in [1.807, 2.05) is 0 Å². The van der Waals surface area contributed by atoms with Crippen molar-refractivity contribution in [1.82, 2.24) is 4.90 Å². The fraction of sp³-hybridized carbons (Fsp3) is 0.714. The van der Waals surface area contributed by atoms with Gasteiger partial charge in [-0.3, -0.25) is 4.90 Å². The van der Waals surface area contributed by atoms with Crippen molar-refractivity contribution in [2.24, 2.45) is 0 Å². The largest absolute Gasteiger partial charge is 0.293 e. The zero-order valence-electron chi connectivity index (χ0n) is 6.52. The second-order valence-corrected chi connectivity index (χ2v) is 3.25. The van der Waals surface area contributed by atoms with Crippen LogP contribution >= 0.6 is 27.5 Å². The summed E-state index contributed by atoms with van der Waals surface area (Å²) in [7, 11) is 0. The molecule has 0 aliphatic rings. The predicted octanol–water partition coefficient (Wildman–Crippen LogP) is 2.70. The maximum absolute atomic E-state index is 11.9. The van der Waals surface area contributed by atoms with Crippen LogP contribution in [0.3, 0.4) is 0 Å². The summed E-state index contributed by atoms with van der Waals surface area (Å²) in [5.74, 6) is 0. The lowest BCUT2D eigenvalue weighted by atomic mass is 10.4. The third-order valence-corrected chi connectivity index (χ3v) is 1.78. The molecule has 0 bridgehead atoms. The molecule has 0 saturated heterocycles. The van der Waals surface area contributed by atoms with E-state index in [-0.39, 0.29) is 6.54 Å². The molecule has 0 saturated carbocycles. The van der Waals surface area contributed by atoms with Crippen molar-refractivity contribution >= 4 is 27.5 Å². The molecule has 0 aliphatic heterocycles. The summed E-state index contributed by atoms with van der Waals surface area (Å²) in [6, 6.07) is 0. The minimum absolute atomic E-state index is 0.202. The lowest BCUT2D eigenvalue weighted by Gasteiger charge is -2.18. The summed E-state index contributed by atoms with van der Waals surface area (Å²) in [4.78, 5) is 1.62. The molecule has 0 unspecified atom stereocenters. The standard InChI is InChI=1S/C7H11BrClF2N/c8-2-5-12(4-1-3-9)6-7(10)11/h1,3,7H,2,4-6H2/b3-1+. The third-order valence-electron chi connectivity index (χ3n) is 1.25. The zero-order valence-corrected chi connectivity index (χ0v) is 8.86. The van der Waals surface area contributed by atoms with E-state index >= 15 is 0 Å². The van der Waals surface area contributed by atoms with Crippen LogP contribution in [-0.4, -0.2) is 36.3 Å². The SMILES string of the molecule is FC(F)CN(C/C=C/Cl)CCBr. The maximum Gasteiger partial charge on any atom is 0.251 e. The minimum Gasteiger partial charge on any atom is -0.293 e. The summed E-state index contributed by atoms with van der Waals surface area (Å²) in [5, 5.41) is 0.690. The fourth-order valence-electron chi connectivity index (χ4n) is 0.761. The van der Waals surface area contributed by atoms with E-state index in [4.69, 9.17) is 11.6 Å². The van der Waals surface area contributed by atoms with E-state index in [9.17, 15) is 8.78 Å². The molecule has 5 heteroatoms. The number of rotatable bonds is 6. The van der Waals surface area contributed by atoms with Gasteiger partial charge in [-0.1, -0.05) is 33.6 Å². The van der Waals surface area contributed by atoms with Crippen molar-refractivity contribution < 1.29 is 8.78 Å². The van der Waals surface area contributed by atoms with Gasteiger partial charge < -0.3 is 0 Å². The average Bonchev–Trinajstić information content (AvgIpc) is 2.00. The highest BCUT2D eigenvalue weighted by Gasteiger charge is 2.09. The van der Waals surface area contributed by atoms with Gasteiger partial charge in [0.05, 0.1) is 6.54 Å². The molecule has 0 aromatic heterocycles. The zero-order chi connectivity index (χ0) is 9.40. The minimum atomic E-state index is -2.28. The summed E-state index contributed by atoms with van der Waals surface area (Å²) in [6.07, 6.45) is -0.639. The normalized spacial score (nSPS) is 12.2. The third kappa shape index (κ3) is 7.00. The molecular weight excluding hydrogens is 251 g/mol. The number of alkyl halides is 3. The second kappa shape index (κ2) is 7.95. The molecule has 0 heterocycles. The van der Waals surface area contributed by atoms with E-state index in [2.05, 4.69) is 15.9 Å². The van der Waals surface area contributed by atoms with Crippen LogP contribution in [0, 0.1) is 0 Å². The van der Waals surface area contributed by atoms with Crippen LogP contribution in [0.25, 0.3) is 0 Å². The van der Waals surface area contributed by atoms with Gasteiger partial charge in [0.15, 0.2) is 0 Å². The lowest BCUT2D eigenvalue weighted by molar-refractivity contribution is 0.0969. The van der Waals surface area contributed by atoms with Gasteiger partial charge in [0.2, 0.25) is 0 Å². The Morgan fingerprint density at radius 2 is 2.17 bits per heavy atom. The number of halogens is 4. The van der Waals surface area contributed by atoms with Gasteiger partial charge in [-0.15, -0.1) is 0 Å². The molecule has 0 aliphatic carbocycles. The van der Waals surface area contributed by atoms with Crippen LogP contribution in [-0.2, 0) is 0 Å². The molecule has 0 spiro atoms. The van der Waals surface area contributed by atoms with E-state index < -0.39 is 6.43 Å². The van der Waals surface area contributed by atoms with Crippen molar-refractivity contribution in [3.63, 3.8) is 0 Å². The smallest absolute Gasteiger partial charge is 0.251 e. The maximum atomic E-state index is 11.9. The van der Waals surface area contributed by atoms with Gasteiger partial charge in [0.1, 0.15) is 0 Å². The van der Waals surface area contributed by atoms with Crippen molar-refractivity contribution in [3.8, 4) is 0 Å². The molecule has 0 aromatic carbocycles. The average molecular weight is 263 g/mol. The van der Waals surface area contributed by atoms with Crippen molar-refractivity contribution in [2.45, 2.75) is 6.43 Å². The van der Waals surface area contributed by atoms with Crippen LogP contribution in [0.15, 0.2) is 11.6 Å². The monoisotopic (exact) mass is 261 g/mol. The molecule has 72 valence electrons. The van der Waals surface area contributed by atoms with Crippen LogP contribution in [0.5, 0.6) is 0 Å². The summed E-state index contributed by atoms with van der Waals surface area (Å²) in [6.45, 7) is 0.873. The van der Waals surface area contributed by atoms with E-state index in [0.717, 1.165) is 0 Å². The molecule has 0 N–H and O–H groups in total. The number of hydrogen-bond donors (Lipinski definition) is 0. The first-order chi connectivity index (χ1) is 5.70. The Kier molecular flexibility index (Phi) is 8.17. The molecule has 0 atom stereocenters. The molecule has 0 aromatic rings. The fourth-order valence-corrected chi connectivity index (χ4v) is 1.34. The highest BCUT2D eigenvalue weighted by Crippen LogP contribution is 1.99. The Balaban J connectivity index is 3.69. The lowest BCUT2D eigenvalue weighted by Crippen LogP contribution is -2.30. The first-order valence-electron chi connectivity index (χ1n) is 3.52. The molecule has 0 fully saturated rings. The van der Waals surface area contributed by atoms with Crippen LogP contribution in [0.2, 0.25) is 0 Å². The Morgan fingerprint density at radius 3 is 2.58 bits per heavy atom. The second-order valence-electron chi connectivity index (χ2n) is 2.20. The molecular formula is C7H11BrClF2N. The predicted molar refractivity (Wildman–Crippen MR) is 51.2 cm³/mol. The Labute approximate surface area is 84.5 Å². The van der Waals surface area contributed by atoms with E-state index in [0.29, 0.717) is 18.4 Å². The first-order valence-corrected chi connectivity index (χ1v) is 5.08. The molecule has 12 heavy (non-hydrogen) atoms. The van der Waals surface area contributed by atoms with E-state index in [1.165, 1.54) is 5.54 Å². The highest BCUT2D eigenvalue weighted by atomic mass is 79.9. The van der Waals surface area contributed by atoms with Crippen LogP contribution in [0.4, 0.5) is 8.78 Å². The van der Waals surface area contributed by atoms with Gasteiger partial charge >= 0.3 is 0 Å². The quantitative estimate of drug-likeness (QED) is 0.665. The van der Waals surface area contributed by atoms with Crippen molar-refractivity contribution in [3.05, 3.63) is 11.6 Å². The Hall–Kier alpha value is 0.330. The topological polar surface area (TPSA) is 3.24 Å². The highest BCUT2D eigenvalue weighted by molar-refractivity contribution is 9.09. The first kappa shape index (κ1) is 12.3. The molecule has 0 rings (SSSR count). The molecule has 0 amide bonds. The van der Waals surface area contributed by atoms with Gasteiger partial charge in [0.25, 0.3) is 6.43 Å². The van der Waals surface area contributed by atoms with Gasteiger partial charge in [-0.05, 0) is 0 Å². The van der Waals surface area contributed by atoms with Gasteiger partial charge in [-0.2, -0.15) is 0 Å². The van der Waals surface area contributed by atoms with Gasteiger partial charge in [0, 0.05) is 24.0 Å². The molecule has 1 nitrogen and oxygen atoms in total.